The summed E-state index contributed by atoms with van der Waals surface area (Å²) in [5.74, 6) is 4.02. The highest BCUT2D eigenvalue weighted by molar-refractivity contribution is 7.07. The molecule has 7 N–H and O–H groups in total. The van der Waals surface area contributed by atoms with Crippen LogP contribution in [0.5, 0.6) is 0 Å². The van der Waals surface area contributed by atoms with Gasteiger partial charge >= 0.3 is 12.0 Å². The monoisotopic (exact) mass is 527 g/mol. The van der Waals surface area contributed by atoms with Crippen molar-refractivity contribution < 1.29 is 14.8 Å². The van der Waals surface area contributed by atoms with Crippen molar-refractivity contribution in [3.63, 3.8) is 0 Å². The molecule has 0 bridgehead atoms. The highest BCUT2D eigenvalue weighted by Crippen LogP contribution is 2.16. The molecule has 0 aliphatic heterocycles. The van der Waals surface area contributed by atoms with Gasteiger partial charge in [0, 0.05) is 30.9 Å². The molecule has 11 heteroatoms. The number of hydrogen-bond acceptors (Lipinski definition) is 8. The minimum Gasteiger partial charge on any atom is -0.426 e. The Bertz CT molecular complexity index is 1140. The van der Waals surface area contributed by atoms with Crippen molar-refractivity contribution in [1.29, 1.82) is 0 Å². The van der Waals surface area contributed by atoms with Gasteiger partial charge in [0.05, 0.1) is 17.6 Å². The van der Waals surface area contributed by atoms with E-state index in [2.05, 4.69) is 19.2 Å². The molecule has 1 heterocycles. The summed E-state index contributed by atoms with van der Waals surface area (Å²) in [5.41, 5.74) is 9.48. The van der Waals surface area contributed by atoms with Gasteiger partial charge in [-0.1, -0.05) is 78.8 Å². The largest absolute Gasteiger partial charge is 0.475 e. The smallest absolute Gasteiger partial charge is 0.426 e. The zero-order valence-electron chi connectivity index (χ0n) is 21.7. The average Bonchev–Trinajstić information content (AvgIpc) is 3.29. The van der Waals surface area contributed by atoms with E-state index in [4.69, 9.17) is 11.6 Å². The lowest BCUT2D eigenvalue weighted by Crippen LogP contribution is -2.51. The van der Waals surface area contributed by atoms with Crippen LogP contribution >= 0.6 is 11.3 Å². The molecular weight excluding hydrogens is 489 g/mol. The van der Waals surface area contributed by atoms with Gasteiger partial charge in [0.2, 0.25) is 5.91 Å². The molecule has 1 amide bonds. The number of hydrazine groups is 1. The lowest BCUT2D eigenvalue weighted by Gasteiger charge is -2.26. The number of nitrogens with zero attached hydrogens (tertiary/aromatic N) is 2. The fourth-order valence-corrected chi connectivity index (χ4v) is 4.43. The maximum Gasteiger partial charge on any atom is 0.475 e. The number of allylic oxidation sites excluding steroid dienone is 3. The second kappa shape index (κ2) is 15.2. The average molecular weight is 528 g/mol. The Morgan fingerprint density at radius 2 is 1.92 bits per heavy atom. The Morgan fingerprint density at radius 3 is 2.46 bits per heavy atom. The number of carbonyl (C=O) groups excluding carboxylic acids is 1. The van der Waals surface area contributed by atoms with Gasteiger partial charge in [-0.05, 0) is 31.7 Å². The number of nitrogens with two attached hydrogens (primary N) is 2. The minimum absolute atomic E-state index is 0.0437. The highest BCUT2D eigenvalue weighted by atomic mass is 32.1. The summed E-state index contributed by atoms with van der Waals surface area (Å²) in [6.07, 6.45) is 9.08. The van der Waals surface area contributed by atoms with E-state index in [1.54, 1.807) is 11.6 Å². The van der Waals surface area contributed by atoms with Crippen molar-refractivity contribution in [2.45, 2.75) is 52.5 Å². The molecule has 2 aromatic rings. The van der Waals surface area contributed by atoms with E-state index in [-0.39, 0.29) is 24.4 Å². The zero-order chi connectivity index (χ0) is 27.4. The molecule has 37 heavy (non-hydrogen) atoms. The molecule has 1 unspecified atom stereocenters. The number of aromatic nitrogens is 1. The molecule has 0 spiro atoms. The predicted molar refractivity (Wildman–Crippen MR) is 151 cm³/mol. The van der Waals surface area contributed by atoms with Gasteiger partial charge in [0.15, 0.2) is 0 Å². The maximum atomic E-state index is 13.4. The molecule has 2 atom stereocenters. The molecule has 1 aromatic heterocycles. The van der Waals surface area contributed by atoms with Gasteiger partial charge in [-0.15, -0.1) is 0 Å². The van der Waals surface area contributed by atoms with Crippen molar-refractivity contribution >= 4 is 30.1 Å². The number of nitrogens with one attached hydrogen (secondary N) is 1. The van der Waals surface area contributed by atoms with E-state index >= 15 is 0 Å². The molecule has 0 saturated carbocycles. The molecule has 1 aromatic carbocycles. The molecule has 0 fully saturated rings. The Morgan fingerprint density at radius 1 is 1.24 bits per heavy atom. The van der Waals surface area contributed by atoms with Crippen LogP contribution in [-0.4, -0.2) is 45.1 Å². The van der Waals surface area contributed by atoms with Gasteiger partial charge in [-0.25, -0.2) is 5.84 Å². The summed E-state index contributed by atoms with van der Waals surface area (Å²) in [6.45, 7) is 6.12. The predicted octanol–water partition coefficient (Wildman–Crippen LogP) is 2.24. The molecule has 0 aliphatic rings. The zero-order valence-corrected chi connectivity index (χ0v) is 22.5. The van der Waals surface area contributed by atoms with Gasteiger partial charge < -0.3 is 30.7 Å². The van der Waals surface area contributed by atoms with E-state index in [0.717, 1.165) is 35.3 Å². The number of amides is 1. The third-order valence-electron chi connectivity index (χ3n) is 6.09. The van der Waals surface area contributed by atoms with E-state index in [1.165, 1.54) is 21.3 Å². The van der Waals surface area contributed by atoms with E-state index < -0.39 is 24.9 Å². The fraction of sp³-hybridized carbons (Fsp3) is 0.385. The summed E-state index contributed by atoms with van der Waals surface area (Å²) in [7, 11) is -1.77. The summed E-state index contributed by atoms with van der Waals surface area (Å²) >= 11 is 1.03. The molecular formula is C26H38BN5O4S. The van der Waals surface area contributed by atoms with Crippen LogP contribution in [0.2, 0.25) is 0 Å². The summed E-state index contributed by atoms with van der Waals surface area (Å²) in [4.78, 5) is 25.4. The minimum atomic E-state index is -1.77. The third kappa shape index (κ3) is 9.69. The number of benzene rings is 1. The lowest BCUT2D eigenvalue weighted by molar-refractivity contribution is -0.126. The number of carbonyl (C=O) groups is 1. The van der Waals surface area contributed by atoms with Gasteiger partial charge in [0.25, 0.3) is 0 Å². The second-order valence-electron chi connectivity index (χ2n) is 8.77. The third-order valence-corrected chi connectivity index (χ3v) is 6.78. The first-order valence-electron chi connectivity index (χ1n) is 12.4. The first-order valence-corrected chi connectivity index (χ1v) is 13.2. The number of hydrogen-bond donors (Lipinski definition) is 5. The van der Waals surface area contributed by atoms with Crippen molar-refractivity contribution in [3.8, 4) is 0 Å². The lowest BCUT2D eigenvalue weighted by atomic mass is 9.75. The Balaban J connectivity index is 2.24. The Labute approximate surface area is 222 Å². The topological polar surface area (TPSA) is 147 Å². The molecule has 0 aliphatic carbocycles. The summed E-state index contributed by atoms with van der Waals surface area (Å²) < 4.78 is 1.44. The first-order chi connectivity index (χ1) is 17.7. The standard InChI is InChI=1S/C26H38BN5O4S/c1-4-19(5-2)14-20(6-3)15-24(27(35)36)30-25(33)22(16-31-12-13-37-26(31)34)17-32(29)18-23(28)21-10-8-7-9-11-21/h6-14,18,22,24,35-36H,4-5,15-17,28-29H2,1-3H3,(H,30,33)/b20-6+,23-18-/t22?,24-/m0/s1. The van der Waals surface area contributed by atoms with E-state index in [9.17, 15) is 19.6 Å². The molecule has 0 saturated heterocycles. The summed E-state index contributed by atoms with van der Waals surface area (Å²) in [6, 6.07) is 9.28. The van der Waals surface area contributed by atoms with E-state index in [0.29, 0.717) is 5.70 Å². The SMILES string of the molecule is C/C=C(\C=C(CC)CC)C[C@H](NC(=O)C(CN(N)/C=C(\N)c1ccccc1)Cn1ccsc1=O)B(O)O. The fourth-order valence-electron chi connectivity index (χ4n) is 3.84. The molecule has 9 nitrogen and oxygen atoms in total. The van der Waals surface area contributed by atoms with Crippen LogP contribution in [-0.2, 0) is 11.3 Å². The van der Waals surface area contributed by atoms with Gasteiger partial charge in [-0.2, -0.15) is 0 Å². The maximum absolute atomic E-state index is 13.4. The van der Waals surface area contributed by atoms with Gasteiger partial charge in [-0.3, -0.25) is 9.59 Å². The first kappa shape index (κ1) is 30.1. The van der Waals surface area contributed by atoms with Crippen LogP contribution in [0.4, 0.5) is 0 Å². The van der Waals surface area contributed by atoms with Crippen LogP contribution in [0.15, 0.2) is 76.2 Å². The van der Waals surface area contributed by atoms with Crippen LogP contribution in [0.1, 0.15) is 45.6 Å². The molecule has 0 radical (unpaired) electrons. The molecule has 2 rings (SSSR count). The Kier molecular flexibility index (Phi) is 12.4. The van der Waals surface area contributed by atoms with Crippen molar-refractivity contribution in [3.05, 3.63) is 86.6 Å². The van der Waals surface area contributed by atoms with Crippen LogP contribution in [0.25, 0.3) is 5.70 Å². The van der Waals surface area contributed by atoms with Crippen LogP contribution in [0.3, 0.4) is 0 Å². The number of thiazole rings is 1. The molecule has 200 valence electrons. The van der Waals surface area contributed by atoms with Gasteiger partial charge in [0.1, 0.15) is 0 Å². The van der Waals surface area contributed by atoms with Crippen molar-refractivity contribution in [2.75, 3.05) is 6.54 Å². The van der Waals surface area contributed by atoms with Crippen LogP contribution in [0, 0.1) is 5.92 Å². The number of rotatable bonds is 14. The Hall–Kier alpha value is -3.12. The quantitative estimate of drug-likeness (QED) is 0.110. The van der Waals surface area contributed by atoms with Crippen molar-refractivity contribution in [2.24, 2.45) is 17.5 Å². The second-order valence-corrected chi connectivity index (χ2v) is 9.63. The van der Waals surface area contributed by atoms with Crippen molar-refractivity contribution in [1.82, 2.24) is 14.9 Å². The highest BCUT2D eigenvalue weighted by Gasteiger charge is 2.30. The normalized spacial score (nSPS) is 13.6. The summed E-state index contributed by atoms with van der Waals surface area (Å²) in [5, 5.41) is 25.8. The van der Waals surface area contributed by atoms with E-state index in [1.807, 2.05) is 49.4 Å². The van der Waals surface area contributed by atoms with Crippen LogP contribution < -0.4 is 21.8 Å².